The minimum absolute atomic E-state index is 0.0207. The lowest BCUT2D eigenvalue weighted by Crippen LogP contribution is -2.16. The molecule has 0 bridgehead atoms. The van der Waals surface area contributed by atoms with Crippen LogP contribution in [0, 0.1) is 6.92 Å². The van der Waals surface area contributed by atoms with Gasteiger partial charge in [-0.15, -0.1) is 22.7 Å². The number of carbonyl (C=O) groups excluding carboxylic acids is 2. The van der Waals surface area contributed by atoms with Crippen molar-refractivity contribution in [2.45, 2.75) is 26.2 Å². The van der Waals surface area contributed by atoms with Crippen molar-refractivity contribution in [3.63, 3.8) is 0 Å². The molecule has 3 aromatic rings. The van der Waals surface area contributed by atoms with Crippen LogP contribution in [0.5, 0.6) is 0 Å². The molecular formula is C18H17NO3S2. The molecule has 0 aliphatic rings. The zero-order valence-corrected chi connectivity index (χ0v) is 15.0. The van der Waals surface area contributed by atoms with Gasteiger partial charge >= 0.3 is 0 Å². The quantitative estimate of drug-likeness (QED) is 0.392. The average Bonchev–Trinajstić information content (AvgIpc) is 3.20. The molecule has 2 heterocycles. The van der Waals surface area contributed by atoms with Gasteiger partial charge in [-0.25, -0.2) is 5.48 Å². The van der Waals surface area contributed by atoms with Crippen LogP contribution in [0.25, 0.3) is 10.1 Å². The molecule has 24 heavy (non-hydrogen) atoms. The largest absolute Gasteiger partial charge is 0.293 e. The summed E-state index contributed by atoms with van der Waals surface area (Å²) in [5.74, 6) is -0.375. The Bertz CT molecular complexity index is 910. The van der Waals surface area contributed by atoms with Gasteiger partial charge in [-0.05, 0) is 42.0 Å². The first-order valence-electron chi connectivity index (χ1n) is 7.56. The fourth-order valence-electron chi connectivity index (χ4n) is 2.71. The van der Waals surface area contributed by atoms with Crippen molar-refractivity contribution in [2.75, 3.05) is 0 Å². The lowest BCUT2D eigenvalue weighted by molar-refractivity contribution is 0.0711. The van der Waals surface area contributed by atoms with E-state index >= 15 is 0 Å². The van der Waals surface area contributed by atoms with Gasteiger partial charge in [0, 0.05) is 16.0 Å². The summed E-state index contributed by atoms with van der Waals surface area (Å²) in [5, 5.41) is 9.82. The minimum Gasteiger partial charge on any atom is -0.293 e. The molecule has 0 spiro atoms. The van der Waals surface area contributed by atoms with E-state index in [0.717, 1.165) is 25.4 Å². The molecule has 0 fully saturated rings. The van der Waals surface area contributed by atoms with E-state index in [9.17, 15) is 9.59 Å². The maximum Gasteiger partial charge on any atom is 0.284 e. The van der Waals surface area contributed by atoms with Crippen LogP contribution in [-0.4, -0.2) is 16.9 Å². The van der Waals surface area contributed by atoms with Crippen LogP contribution in [0.3, 0.4) is 0 Å². The van der Waals surface area contributed by atoms with E-state index in [-0.39, 0.29) is 11.7 Å². The van der Waals surface area contributed by atoms with Gasteiger partial charge in [-0.2, -0.15) is 0 Å². The van der Waals surface area contributed by atoms with Gasteiger partial charge in [-0.3, -0.25) is 14.8 Å². The first kappa shape index (κ1) is 16.8. The molecule has 3 rings (SSSR count). The zero-order valence-electron chi connectivity index (χ0n) is 13.3. The number of hydroxylamine groups is 1. The fraction of sp³-hybridized carbons (Fsp3) is 0.222. The highest BCUT2D eigenvalue weighted by Gasteiger charge is 2.20. The van der Waals surface area contributed by atoms with Gasteiger partial charge in [0.1, 0.15) is 0 Å². The second-order valence-electron chi connectivity index (χ2n) is 5.72. The van der Waals surface area contributed by atoms with Crippen molar-refractivity contribution < 1.29 is 14.8 Å². The molecule has 0 saturated heterocycles. The topological polar surface area (TPSA) is 66.4 Å². The fourth-order valence-corrected chi connectivity index (χ4v) is 4.81. The number of carbonyl (C=O) groups is 2. The molecule has 0 aliphatic carbocycles. The van der Waals surface area contributed by atoms with E-state index in [1.165, 1.54) is 22.7 Å². The highest BCUT2D eigenvalue weighted by molar-refractivity contribution is 7.21. The number of fused-ring (bicyclic) bond motifs is 1. The predicted octanol–water partition coefficient (Wildman–Crippen LogP) is 4.77. The number of aryl methyl sites for hydroxylation is 1. The molecule has 124 valence electrons. The van der Waals surface area contributed by atoms with Crippen LogP contribution in [0.1, 0.15) is 49.0 Å². The Kier molecular flexibility index (Phi) is 4.80. The lowest BCUT2D eigenvalue weighted by Gasteiger charge is -2.08. The number of hydrogen-bond acceptors (Lipinski definition) is 5. The number of ketones is 1. The first-order valence-corrected chi connectivity index (χ1v) is 9.20. The molecule has 0 aliphatic heterocycles. The number of rotatable bonds is 5. The molecule has 2 aromatic heterocycles. The standard InChI is InChI=1S/C18H17NO3S2/c1-10(14-7-8-16(23-14)18(21)19-22)9-13(20)17-11(2)12-5-3-4-6-15(12)24-17/h3-8,10,22H,9H2,1-2H3,(H,19,21)/t10-/m0/s1. The number of nitrogens with one attached hydrogen (secondary N) is 1. The summed E-state index contributed by atoms with van der Waals surface area (Å²) in [6.07, 6.45) is 0.397. The molecular weight excluding hydrogens is 342 g/mol. The Labute approximate surface area is 147 Å². The van der Waals surface area contributed by atoms with E-state index in [1.54, 1.807) is 11.5 Å². The number of benzene rings is 1. The summed E-state index contributed by atoms with van der Waals surface area (Å²) in [5.41, 5.74) is 2.67. The summed E-state index contributed by atoms with van der Waals surface area (Å²) in [7, 11) is 0. The van der Waals surface area contributed by atoms with Crippen molar-refractivity contribution in [3.05, 3.63) is 56.6 Å². The maximum atomic E-state index is 12.7. The van der Waals surface area contributed by atoms with E-state index in [4.69, 9.17) is 5.21 Å². The smallest absolute Gasteiger partial charge is 0.284 e. The molecule has 0 unspecified atom stereocenters. The van der Waals surface area contributed by atoms with Gasteiger partial charge in [0.15, 0.2) is 5.78 Å². The Morgan fingerprint density at radius 2 is 1.92 bits per heavy atom. The van der Waals surface area contributed by atoms with Crippen LogP contribution < -0.4 is 5.48 Å². The molecule has 4 nitrogen and oxygen atoms in total. The van der Waals surface area contributed by atoms with Gasteiger partial charge in [0.2, 0.25) is 0 Å². The van der Waals surface area contributed by atoms with E-state index < -0.39 is 5.91 Å². The summed E-state index contributed by atoms with van der Waals surface area (Å²) in [4.78, 5) is 26.3. The SMILES string of the molecule is Cc1c(C(=O)C[C@H](C)c2ccc(C(=O)NO)s2)sc2ccccc12. The molecule has 1 atom stereocenters. The Morgan fingerprint density at radius 3 is 2.62 bits per heavy atom. The zero-order chi connectivity index (χ0) is 17.3. The second-order valence-corrected chi connectivity index (χ2v) is 7.89. The molecule has 0 radical (unpaired) electrons. The molecule has 6 heteroatoms. The summed E-state index contributed by atoms with van der Waals surface area (Å²) in [6.45, 7) is 3.97. The van der Waals surface area contributed by atoms with Crippen molar-refractivity contribution in [1.29, 1.82) is 0 Å². The Balaban J connectivity index is 1.79. The average molecular weight is 359 g/mol. The third kappa shape index (κ3) is 3.13. The summed E-state index contributed by atoms with van der Waals surface area (Å²) < 4.78 is 1.13. The monoisotopic (exact) mass is 359 g/mol. The number of amides is 1. The minimum atomic E-state index is -0.523. The number of thiophene rings is 2. The third-order valence-electron chi connectivity index (χ3n) is 4.03. The lowest BCUT2D eigenvalue weighted by atomic mass is 10.0. The van der Waals surface area contributed by atoms with Crippen LogP contribution in [0.2, 0.25) is 0 Å². The summed E-state index contributed by atoms with van der Waals surface area (Å²) in [6, 6.07) is 11.5. The molecule has 0 saturated carbocycles. The van der Waals surface area contributed by atoms with Crippen molar-refractivity contribution in [3.8, 4) is 0 Å². The highest BCUT2D eigenvalue weighted by atomic mass is 32.1. The number of Topliss-reactive ketones (excluding diaryl/α,β-unsaturated/α-hetero) is 1. The van der Waals surface area contributed by atoms with Crippen molar-refractivity contribution in [1.82, 2.24) is 5.48 Å². The summed E-state index contributed by atoms with van der Waals surface area (Å²) >= 11 is 2.84. The predicted molar refractivity (Wildman–Crippen MR) is 97.5 cm³/mol. The van der Waals surface area contributed by atoms with E-state index in [0.29, 0.717) is 11.3 Å². The molecule has 2 N–H and O–H groups in total. The second kappa shape index (κ2) is 6.84. The van der Waals surface area contributed by atoms with E-state index in [2.05, 4.69) is 0 Å². The Morgan fingerprint density at radius 1 is 1.17 bits per heavy atom. The maximum absolute atomic E-state index is 12.7. The van der Waals surface area contributed by atoms with Gasteiger partial charge in [0.25, 0.3) is 5.91 Å². The first-order chi connectivity index (χ1) is 11.5. The van der Waals surface area contributed by atoms with Gasteiger partial charge in [-0.1, -0.05) is 25.1 Å². The van der Waals surface area contributed by atoms with Crippen LogP contribution >= 0.6 is 22.7 Å². The van der Waals surface area contributed by atoms with Crippen molar-refractivity contribution in [2.24, 2.45) is 0 Å². The van der Waals surface area contributed by atoms with Gasteiger partial charge in [0.05, 0.1) is 9.75 Å². The van der Waals surface area contributed by atoms with E-state index in [1.807, 2.05) is 44.2 Å². The molecule has 1 amide bonds. The third-order valence-corrected chi connectivity index (χ3v) is 6.66. The van der Waals surface area contributed by atoms with Crippen LogP contribution in [0.15, 0.2) is 36.4 Å². The molecule has 1 aromatic carbocycles. The normalized spacial score (nSPS) is 12.3. The van der Waals surface area contributed by atoms with Crippen LogP contribution in [0.4, 0.5) is 0 Å². The van der Waals surface area contributed by atoms with Crippen molar-refractivity contribution >= 4 is 44.5 Å². The van der Waals surface area contributed by atoms with Gasteiger partial charge < -0.3 is 0 Å². The van der Waals surface area contributed by atoms with Crippen LogP contribution in [-0.2, 0) is 0 Å². The Hall–Kier alpha value is -2.02. The highest BCUT2D eigenvalue weighted by Crippen LogP contribution is 2.34. The number of hydrogen-bond donors (Lipinski definition) is 2.